The molecule has 0 saturated heterocycles. The Hall–Kier alpha value is -3.19. The third kappa shape index (κ3) is 5.92. The largest absolute Gasteiger partial charge is 0.497 e. The molecule has 0 unspecified atom stereocenters. The number of amides is 1. The normalized spacial score (nSPS) is 10.3. The molecular weight excluding hydrogens is 462 g/mol. The molecule has 3 aromatic rings. The highest BCUT2D eigenvalue weighted by molar-refractivity contribution is 9.10. The number of benzene rings is 3. The third-order valence-electron chi connectivity index (χ3n) is 4.25. The van der Waals surface area contributed by atoms with E-state index in [9.17, 15) is 4.79 Å². The van der Waals surface area contributed by atoms with Crippen LogP contribution in [-0.4, -0.2) is 26.2 Å². The quantitative estimate of drug-likeness (QED) is 0.385. The summed E-state index contributed by atoms with van der Waals surface area (Å²) in [6.07, 6.45) is 0. The summed E-state index contributed by atoms with van der Waals surface area (Å²) in [6.45, 7) is 4.73. The lowest BCUT2D eigenvalue weighted by Gasteiger charge is -2.14. The predicted molar refractivity (Wildman–Crippen MR) is 124 cm³/mol. The monoisotopic (exact) mass is 485 g/mol. The van der Waals surface area contributed by atoms with Crippen LogP contribution in [0.25, 0.3) is 0 Å². The van der Waals surface area contributed by atoms with Crippen LogP contribution >= 0.6 is 15.9 Å². The fraction of sp³-hybridized carbons (Fsp3) is 0.208. The molecule has 0 atom stereocenters. The smallest absolute Gasteiger partial charge is 0.255 e. The van der Waals surface area contributed by atoms with Crippen molar-refractivity contribution in [3.05, 3.63) is 70.7 Å². The minimum Gasteiger partial charge on any atom is -0.497 e. The highest BCUT2D eigenvalue weighted by atomic mass is 79.9. The molecular formula is C24H24BrNO5. The first-order valence-electron chi connectivity index (χ1n) is 9.86. The molecule has 0 heterocycles. The fourth-order valence-electron chi connectivity index (χ4n) is 2.86. The van der Waals surface area contributed by atoms with Crippen LogP contribution in [-0.2, 0) is 0 Å². The molecule has 31 heavy (non-hydrogen) atoms. The van der Waals surface area contributed by atoms with Gasteiger partial charge < -0.3 is 24.3 Å². The summed E-state index contributed by atoms with van der Waals surface area (Å²) >= 11 is 3.46. The van der Waals surface area contributed by atoms with Crippen LogP contribution in [0.2, 0.25) is 0 Å². The molecule has 0 aliphatic heterocycles. The van der Waals surface area contributed by atoms with Gasteiger partial charge in [0.05, 0.1) is 24.8 Å². The van der Waals surface area contributed by atoms with Crippen LogP contribution < -0.4 is 24.3 Å². The Bertz CT molecular complexity index is 1040. The number of methoxy groups -OCH3 is 1. The zero-order valence-electron chi connectivity index (χ0n) is 17.6. The molecule has 6 nitrogen and oxygen atoms in total. The molecule has 0 fully saturated rings. The van der Waals surface area contributed by atoms with Gasteiger partial charge in [0.1, 0.15) is 17.2 Å². The van der Waals surface area contributed by atoms with Gasteiger partial charge in [-0.05, 0) is 78.3 Å². The Balaban J connectivity index is 1.71. The summed E-state index contributed by atoms with van der Waals surface area (Å²) in [5, 5.41) is 2.88. The van der Waals surface area contributed by atoms with Crippen LogP contribution in [0.3, 0.4) is 0 Å². The van der Waals surface area contributed by atoms with Crippen LogP contribution in [0.15, 0.2) is 65.1 Å². The number of carbonyl (C=O) groups is 1. The van der Waals surface area contributed by atoms with Crippen LogP contribution in [0.4, 0.5) is 5.69 Å². The second-order valence-electron chi connectivity index (χ2n) is 6.41. The molecule has 0 radical (unpaired) electrons. The van der Waals surface area contributed by atoms with Gasteiger partial charge in [0.15, 0.2) is 11.5 Å². The van der Waals surface area contributed by atoms with E-state index < -0.39 is 0 Å². The summed E-state index contributed by atoms with van der Waals surface area (Å²) in [4.78, 5) is 12.8. The Morgan fingerprint density at radius 3 is 2.29 bits per heavy atom. The van der Waals surface area contributed by atoms with Gasteiger partial charge in [0.2, 0.25) is 0 Å². The van der Waals surface area contributed by atoms with Gasteiger partial charge >= 0.3 is 0 Å². The molecule has 0 bridgehead atoms. The van der Waals surface area contributed by atoms with E-state index >= 15 is 0 Å². The van der Waals surface area contributed by atoms with E-state index in [4.69, 9.17) is 18.9 Å². The van der Waals surface area contributed by atoms with Gasteiger partial charge in [-0.1, -0.05) is 6.07 Å². The molecule has 0 saturated carbocycles. The maximum absolute atomic E-state index is 12.8. The lowest BCUT2D eigenvalue weighted by molar-refractivity contribution is 0.102. The summed E-state index contributed by atoms with van der Waals surface area (Å²) in [7, 11) is 1.61. The van der Waals surface area contributed by atoms with E-state index in [1.807, 2.05) is 32.0 Å². The molecule has 0 aliphatic carbocycles. The topological polar surface area (TPSA) is 66.0 Å². The molecule has 0 aliphatic rings. The summed E-state index contributed by atoms with van der Waals surface area (Å²) in [5.41, 5.74) is 1.10. The zero-order chi connectivity index (χ0) is 22.2. The Morgan fingerprint density at radius 2 is 1.61 bits per heavy atom. The minimum absolute atomic E-state index is 0.258. The minimum atomic E-state index is -0.258. The summed E-state index contributed by atoms with van der Waals surface area (Å²) in [5.74, 6) is 2.87. The fourth-order valence-corrected chi connectivity index (χ4v) is 3.41. The second-order valence-corrected chi connectivity index (χ2v) is 7.27. The van der Waals surface area contributed by atoms with E-state index in [2.05, 4.69) is 21.2 Å². The maximum Gasteiger partial charge on any atom is 0.255 e. The van der Waals surface area contributed by atoms with Crippen molar-refractivity contribution in [1.29, 1.82) is 0 Å². The number of nitrogens with one attached hydrogen (secondary N) is 1. The standard InChI is InChI=1S/C24H24BrNO5/c1-4-29-22-14-16(13-21(25)23(22)30-5-2)24(27)26-17-9-11-18(12-10-17)31-20-8-6-7-19(15-20)28-3/h6-15H,4-5H2,1-3H3,(H,26,27). The SMILES string of the molecule is CCOc1cc(C(=O)Nc2ccc(Oc3cccc(OC)c3)cc2)cc(Br)c1OCC. The molecule has 7 heteroatoms. The van der Waals surface area contributed by atoms with Crippen molar-refractivity contribution in [3.63, 3.8) is 0 Å². The number of ether oxygens (including phenoxy) is 4. The number of hydrogen-bond acceptors (Lipinski definition) is 5. The Kier molecular flexibility index (Phi) is 7.78. The van der Waals surface area contributed by atoms with Crippen molar-refractivity contribution >= 4 is 27.5 Å². The van der Waals surface area contributed by atoms with Gasteiger partial charge in [-0.15, -0.1) is 0 Å². The summed E-state index contributed by atoms with van der Waals surface area (Å²) < 4.78 is 23.0. The molecule has 162 valence electrons. The number of rotatable bonds is 9. The van der Waals surface area contributed by atoms with Crippen LogP contribution in [0.1, 0.15) is 24.2 Å². The molecule has 1 amide bonds. The Morgan fingerprint density at radius 1 is 0.903 bits per heavy atom. The van der Waals surface area contributed by atoms with Crippen molar-refractivity contribution in [2.24, 2.45) is 0 Å². The Labute approximate surface area is 190 Å². The average Bonchev–Trinajstić information content (AvgIpc) is 2.77. The van der Waals surface area contributed by atoms with E-state index in [0.717, 1.165) is 0 Å². The van der Waals surface area contributed by atoms with Crippen molar-refractivity contribution in [3.8, 4) is 28.7 Å². The number of carbonyl (C=O) groups excluding carboxylic acids is 1. The van der Waals surface area contributed by atoms with E-state index in [-0.39, 0.29) is 5.91 Å². The maximum atomic E-state index is 12.8. The van der Waals surface area contributed by atoms with E-state index in [0.29, 0.717) is 57.7 Å². The first-order valence-corrected chi connectivity index (χ1v) is 10.7. The molecule has 3 aromatic carbocycles. The van der Waals surface area contributed by atoms with Crippen molar-refractivity contribution in [2.45, 2.75) is 13.8 Å². The van der Waals surface area contributed by atoms with Crippen LogP contribution in [0.5, 0.6) is 28.7 Å². The number of hydrogen-bond donors (Lipinski definition) is 1. The zero-order valence-corrected chi connectivity index (χ0v) is 19.2. The van der Waals surface area contributed by atoms with Gasteiger partial charge in [0, 0.05) is 17.3 Å². The van der Waals surface area contributed by atoms with Gasteiger partial charge in [-0.25, -0.2) is 0 Å². The highest BCUT2D eigenvalue weighted by Gasteiger charge is 2.16. The molecule has 3 rings (SSSR count). The first-order chi connectivity index (χ1) is 15.0. The number of halogens is 1. The van der Waals surface area contributed by atoms with Crippen molar-refractivity contribution in [1.82, 2.24) is 0 Å². The van der Waals surface area contributed by atoms with Crippen molar-refractivity contribution < 1.29 is 23.7 Å². The number of anilines is 1. The summed E-state index contributed by atoms with van der Waals surface area (Å²) in [6, 6.07) is 17.9. The average molecular weight is 486 g/mol. The van der Waals surface area contributed by atoms with Gasteiger partial charge in [0.25, 0.3) is 5.91 Å². The van der Waals surface area contributed by atoms with Crippen molar-refractivity contribution in [2.75, 3.05) is 25.6 Å². The second kappa shape index (κ2) is 10.7. The lowest BCUT2D eigenvalue weighted by atomic mass is 10.1. The predicted octanol–water partition coefficient (Wildman–Crippen LogP) is 6.30. The lowest BCUT2D eigenvalue weighted by Crippen LogP contribution is -2.12. The van der Waals surface area contributed by atoms with E-state index in [1.54, 1.807) is 49.6 Å². The van der Waals surface area contributed by atoms with Gasteiger partial charge in [-0.3, -0.25) is 4.79 Å². The third-order valence-corrected chi connectivity index (χ3v) is 4.84. The van der Waals surface area contributed by atoms with E-state index in [1.165, 1.54) is 0 Å². The molecule has 1 N–H and O–H groups in total. The molecule has 0 aromatic heterocycles. The van der Waals surface area contributed by atoms with Gasteiger partial charge in [-0.2, -0.15) is 0 Å². The highest BCUT2D eigenvalue weighted by Crippen LogP contribution is 2.37. The van der Waals surface area contributed by atoms with Crippen LogP contribution in [0, 0.1) is 0 Å². The molecule has 0 spiro atoms. The first kappa shape index (κ1) is 22.5.